The fourth-order valence-corrected chi connectivity index (χ4v) is 3.33. The van der Waals surface area contributed by atoms with E-state index in [9.17, 15) is 0 Å². The average Bonchev–Trinajstić information content (AvgIpc) is 2.64. The van der Waals surface area contributed by atoms with Crippen molar-refractivity contribution in [3.63, 3.8) is 0 Å². The third kappa shape index (κ3) is 2.88. The van der Waals surface area contributed by atoms with Crippen LogP contribution in [0.25, 0.3) is 11.0 Å². The number of nitrogens with zero attached hydrogens (tertiary/aromatic N) is 2. The Bertz CT molecular complexity index is 550. The lowest BCUT2D eigenvalue weighted by atomic mass is 10.1. The van der Waals surface area contributed by atoms with Crippen LogP contribution in [0.4, 0.5) is 0 Å². The maximum Gasteiger partial charge on any atom is 0.123 e. The third-order valence-electron chi connectivity index (χ3n) is 4.45. The predicted octanol–water partition coefficient (Wildman–Crippen LogP) is 3.87. The number of fused-ring (bicyclic) bond motifs is 1. The second kappa shape index (κ2) is 6.40. The highest BCUT2D eigenvalue weighted by Gasteiger charge is 2.14. The van der Waals surface area contributed by atoms with Gasteiger partial charge in [0.25, 0.3) is 0 Å². The van der Waals surface area contributed by atoms with Crippen molar-refractivity contribution in [1.82, 2.24) is 14.9 Å². The summed E-state index contributed by atoms with van der Waals surface area (Å²) in [5, 5.41) is 3.73. The predicted molar refractivity (Wildman–Crippen MR) is 83.7 cm³/mol. The monoisotopic (exact) mass is 271 g/mol. The second-order valence-corrected chi connectivity index (χ2v) is 5.83. The first kappa shape index (κ1) is 13.6. The molecule has 108 valence electrons. The summed E-state index contributed by atoms with van der Waals surface area (Å²) in [6.07, 6.45) is 8.22. The van der Waals surface area contributed by atoms with Crippen molar-refractivity contribution in [3.8, 4) is 0 Å². The molecule has 0 bridgehead atoms. The minimum atomic E-state index is 0.683. The molecule has 1 aliphatic carbocycles. The quantitative estimate of drug-likeness (QED) is 0.856. The SMILES string of the molecule is CCn1c(CNC2CCCCCC2)nc2ccccc21. The van der Waals surface area contributed by atoms with Gasteiger partial charge in [0.05, 0.1) is 17.6 Å². The maximum atomic E-state index is 4.79. The molecule has 3 nitrogen and oxygen atoms in total. The smallest absolute Gasteiger partial charge is 0.123 e. The Morgan fingerprint density at radius 2 is 1.90 bits per heavy atom. The minimum absolute atomic E-state index is 0.683. The van der Waals surface area contributed by atoms with Gasteiger partial charge in [-0.05, 0) is 31.9 Å². The van der Waals surface area contributed by atoms with Crippen LogP contribution in [0, 0.1) is 0 Å². The van der Waals surface area contributed by atoms with Crippen LogP contribution in [0.5, 0.6) is 0 Å². The van der Waals surface area contributed by atoms with Gasteiger partial charge in [0.15, 0.2) is 0 Å². The van der Waals surface area contributed by atoms with Crippen molar-refractivity contribution in [3.05, 3.63) is 30.1 Å². The summed E-state index contributed by atoms with van der Waals surface area (Å²) in [7, 11) is 0. The van der Waals surface area contributed by atoms with Crippen molar-refractivity contribution in [1.29, 1.82) is 0 Å². The number of benzene rings is 1. The molecule has 1 saturated carbocycles. The van der Waals surface area contributed by atoms with E-state index in [1.54, 1.807) is 0 Å². The summed E-state index contributed by atoms with van der Waals surface area (Å²) in [5.74, 6) is 1.18. The van der Waals surface area contributed by atoms with Crippen molar-refractivity contribution in [2.24, 2.45) is 0 Å². The van der Waals surface area contributed by atoms with Gasteiger partial charge in [-0.3, -0.25) is 0 Å². The number of hydrogen-bond donors (Lipinski definition) is 1. The van der Waals surface area contributed by atoms with Crippen LogP contribution >= 0.6 is 0 Å². The molecule has 0 saturated heterocycles. The molecule has 2 aromatic rings. The standard InChI is InChI=1S/C17H25N3/c1-2-20-16-12-8-7-11-15(16)19-17(20)13-18-14-9-5-3-4-6-10-14/h7-8,11-12,14,18H,2-6,9-10,13H2,1H3. The van der Waals surface area contributed by atoms with Gasteiger partial charge in [-0.1, -0.05) is 37.8 Å². The normalized spacial score (nSPS) is 17.4. The summed E-state index contributed by atoms with van der Waals surface area (Å²) < 4.78 is 2.33. The number of hydrogen-bond acceptors (Lipinski definition) is 2. The van der Waals surface area contributed by atoms with Gasteiger partial charge in [-0.25, -0.2) is 4.98 Å². The van der Waals surface area contributed by atoms with Crippen LogP contribution in [0.3, 0.4) is 0 Å². The fourth-order valence-electron chi connectivity index (χ4n) is 3.33. The molecular weight excluding hydrogens is 246 g/mol. The Morgan fingerprint density at radius 3 is 2.65 bits per heavy atom. The molecule has 0 atom stereocenters. The zero-order valence-corrected chi connectivity index (χ0v) is 12.4. The Labute approximate surface area is 121 Å². The van der Waals surface area contributed by atoms with Crippen molar-refractivity contribution in [2.75, 3.05) is 0 Å². The van der Waals surface area contributed by atoms with Crippen LogP contribution in [-0.4, -0.2) is 15.6 Å². The van der Waals surface area contributed by atoms with Crippen LogP contribution < -0.4 is 5.32 Å². The minimum Gasteiger partial charge on any atom is -0.327 e. The highest BCUT2D eigenvalue weighted by Crippen LogP contribution is 2.19. The molecule has 1 heterocycles. The second-order valence-electron chi connectivity index (χ2n) is 5.83. The molecule has 3 rings (SSSR count). The lowest BCUT2D eigenvalue weighted by Crippen LogP contribution is -2.29. The van der Waals surface area contributed by atoms with Crippen LogP contribution in [-0.2, 0) is 13.1 Å². The average molecular weight is 271 g/mol. The largest absolute Gasteiger partial charge is 0.327 e. The molecule has 1 fully saturated rings. The first-order chi connectivity index (χ1) is 9.88. The molecule has 3 heteroatoms. The van der Waals surface area contributed by atoms with Gasteiger partial charge in [-0.15, -0.1) is 0 Å². The van der Waals surface area contributed by atoms with Crippen LogP contribution in [0.1, 0.15) is 51.3 Å². The highest BCUT2D eigenvalue weighted by atomic mass is 15.1. The highest BCUT2D eigenvalue weighted by molar-refractivity contribution is 5.75. The fraction of sp³-hybridized carbons (Fsp3) is 0.588. The first-order valence-corrected chi connectivity index (χ1v) is 8.06. The number of para-hydroxylation sites is 2. The van der Waals surface area contributed by atoms with Crippen LogP contribution in [0.2, 0.25) is 0 Å². The molecule has 1 aliphatic rings. The van der Waals surface area contributed by atoms with E-state index in [4.69, 9.17) is 4.98 Å². The zero-order valence-electron chi connectivity index (χ0n) is 12.4. The summed E-state index contributed by atoms with van der Waals surface area (Å²) in [6, 6.07) is 9.12. The Hall–Kier alpha value is -1.35. The number of imidazole rings is 1. The Morgan fingerprint density at radius 1 is 1.15 bits per heavy atom. The van der Waals surface area contributed by atoms with Gasteiger partial charge in [-0.2, -0.15) is 0 Å². The van der Waals surface area contributed by atoms with Crippen molar-refractivity contribution < 1.29 is 0 Å². The summed E-state index contributed by atoms with van der Waals surface area (Å²) in [6.45, 7) is 4.08. The Kier molecular flexibility index (Phi) is 4.36. The van der Waals surface area contributed by atoms with Crippen LogP contribution in [0.15, 0.2) is 24.3 Å². The summed E-state index contributed by atoms with van der Waals surface area (Å²) in [4.78, 5) is 4.79. The van der Waals surface area contributed by atoms with Crippen molar-refractivity contribution >= 4 is 11.0 Å². The van der Waals surface area contributed by atoms with E-state index in [2.05, 4.69) is 41.1 Å². The molecule has 1 aromatic heterocycles. The van der Waals surface area contributed by atoms with Gasteiger partial charge in [0.2, 0.25) is 0 Å². The molecule has 0 radical (unpaired) electrons. The van der Waals surface area contributed by atoms with Gasteiger partial charge >= 0.3 is 0 Å². The number of nitrogens with one attached hydrogen (secondary N) is 1. The lowest BCUT2D eigenvalue weighted by Gasteiger charge is -2.16. The Balaban J connectivity index is 1.73. The molecule has 0 aliphatic heterocycles. The first-order valence-electron chi connectivity index (χ1n) is 8.06. The van der Waals surface area contributed by atoms with E-state index < -0.39 is 0 Å². The molecule has 0 spiro atoms. The molecule has 0 amide bonds. The topological polar surface area (TPSA) is 29.9 Å². The molecule has 1 aromatic carbocycles. The van der Waals surface area contributed by atoms with Crippen molar-refractivity contribution in [2.45, 2.75) is 64.6 Å². The molecular formula is C17H25N3. The van der Waals surface area contributed by atoms with Gasteiger partial charge < -0.3 is 9.88 Å². The van der Waals surface area contributed by atoms with E-state index in [1.807, 2.05) is 0 Å². The van der Waals surface area contributed by atoms with Gasteiger partial charge in [0.1, 0.15) is 5.82 Å². The third-order valence-corrected chi connectivity index (χ3v) is 4.45. The van der Waals surface area contributed by atoms with E-state index in [0.717, 1.165) is 18.6 Å². The number of rotatable bonds is 4. The number of aromatic nitrogens is 2. The zero-order chi connectivity index (χ0) is 13.8. The van der Waals surface area contributed by atoms with E-state index in [-0.39, 0.29) is 0 Å². The lowest BCUT2D eigenvalue weighted by molar-refractivity contribution is 0.447. The van der Waals surface area contributed by atoms with E-state index in [0.29, 0.717) is 6.04 Å². The van der Waals surface area contributed by atoms with Gasteiger partial charge in [0, 0.05) is 12.6 Å². The summed E-state index contributed by atoms with van der Waals surface area (Å²) >= 11 is 0. The molecule has 0 unspecified atom stereocenters. The van der Waals surface area contributed by atoms with E-state index >= 15 is 0 Å². The number of aryl methyl sites for hydroxylation is 1. The summed E-state index contributed by atoms with van der Waals surface area (Å²) in [5.41, 5.74) is 2.37. The molecule has 1 N–H and O–H groups in total. The van der Waals surface area contributed by atoms with E-state index in [1.165, 1.54) is 49.9 Å². The molecule has 20 heavy (non-hydrogen) atoms. The maximum absolute atomic E-state index is 4.79.